The number of hydrogen-bond acceptors (Lipinski definition) is 3. The number of nitrogens with zero attached hydrogens (tertiary/aromatic N) is 1. The van der Waals surface area contributed by atoms with Crippen molar-refractivity contribution in [1.29, 1.82) is 0 Å². The summed E-state index contributed by atoms with van der Waals surface area (Å²) in [6.45, 7) is 5.73. The van der Waals surface area contributed by atoms with Gasteiger partial charge in [-0.2, -0.15) is 0 Å². The van der Waals surface area contributed by atoms with Crippen LogP contribution in [0.25, 0.3) is 0 Å². The van der Waals surface area contributed by atoms with Crippen molar-refractivity contribution in [2.75, 3.05) is 24.3 Å². The van der Waals surface area contributed by atoms with Crippen LogP contribution in [0.15, 0.2) is 47.4 Å². The number of fused-ring (bicyclic) bond motifs is 1. The van der Waals surface area contributed by atoms with E-state index in [1.807, 2.05) is 11.8 Å². The van der Waals surface area contributed by atoms with E-state index in [0.717, 1.165) is 21.6 Å². The molecule has 1 heterocycles. The van der Waals surface area contributed by atoms with Gasteiger partial charge in [-0.05, 0) is 58.7 Å². The topological polar surface area (TPSA) is 12.5 Å². The number of rotatable bonds is 3. The van der Waals surface area contributed by atoms with Gasteiger partial charge < -0.3 is 9.64 Å². The fourth-order valence-electron chi connectivity index (χ4n) is 2.82. The molecule has 0 amide bonds. The highest BCUT2D eigenvalue weighted by Gasteiger charge is 2.31. The molecule has 2 nitrogen and oxygen atoms in total. The Morgan fingerprint density at radius 2 is 2.00 bits per heavy atom. The SMILES string of the molecule is CCC1(C)CSc2cc(OC)c(I)cc2N(c2ccccc2)C1. The average molecular weight is 439 g/mol. The van der Waals surface area contributed by atoms with Crippen LogP contribution in [0.1, 0.15) is 20.3 Å². The van der Waals surface area contributed by atoms with Crippen LogP contribution in [0.2, 0.25) is 0 Å². The summed E-state index contributed by atoms with van der Waals surface area (Å²) in [6, 6.07) is 15.2. The summed E-state index contributed by atoms with van der Waals surface area (Å²) < 4.78 is 6.69. The molecular weight excluding hydrogens is 417 g/mol. The Morgan fingerprint density at radius 3 is 2.65 bits per heavy atom. The fourth-order valence-corrected chi connectivity index (χ4v) is 4.80. The number of halogens is 1. The minimum absolute atomic E-state index is 0.290. The fraction of sp³-hybridized carbons (Fsp3) is 0.368. The Labute approximate surface area is 156 Å². The first kappa shape index (κ1) is 17.0. The van der Waals surface area contributed by atoms with E-state index in [0.29, 0.717) is 0 Å². The molecule has 0 bridgehead atoms. The lowest BCUT2D eigenvalue weighted by Crippen LogP contribution is -2.33. The van der Waals surface area contributed by atoms with Gasteiger partial charge in [0.25, 0.3) is 0 Å². The molecule has 4 heteroatoms. The smallest absolute Gasteiger partial charge is 0.133 e. The maximum absolute atomic E-state index is 5.53. The van der Waals surface area contributed by atoms with Crippen molar-refractivity contribution in [2.24, 2.45) is 5.41 Å². The summed E-state index contributed by atoms with van der Waals surface area (Å²) in [5, 5.41) is 0. The molecule has 1 aliphatic heterocycles. The highest BCUT2D eigenvalue weighted by molar-refractivity contribution is 14.1. The van der Waals surface area contributed by atoms with E-state index in [-0.39, 0.29) is 5.41 Å². The van der Waals surface area contributed by atoms with Gasteiger partial charge in [0.1, 0.15) is 5.75 Å². The molecule has 0 radical (unpaired) electrons. The first-order chi connectivity index (χ1) is 11.1. The molecule has 122 valence electrons. The van der Waals surface area contributed by atoms with E-state index in [1.165, 1.54) is 22.7 Å². The summed E-state index contributed by atoms with van der Waals surface area (Å²) in [6.07, 6.45) is 1.17. The van der Waals surface area contributed by atoms with Gasteiger partial charge in [0.15, 0.2) is 0 Å². The summed E-state index contributed by atoms with van der Waals surface area (Å²) >= 11 is 4.32. The number of hydrogen-bond donors (Lipinski definition) is 0. The first-order valence-corrected chi connectivity index (χ1v) is 9.96. The molecule has 1 aliphatic rings. The summed E-state index contributed by atoms with van der Waals surface area (Å²) in [7, 11) is 1.75. The molecule has 0 saturated carbocycles. The Morgan fingerprint density at radius 1 is 1.26 bits per heavy atom. The van der Waals surface area contributed by atoms with Crippen molar-refractivity contribution in [2.45, 2.75) is 25.2 Å². The van der Waals surface area contributed by atoms with Crippen LogP contribution in [-0.4, -0.2) is 19.4 Å². The Hall–Kier alpha value is -0.880. The molecule has 2 aromatic carbocycles. The van der Waals surface area contributed by atoms with Gasteiger partial charge in [-0.25, -0.2) is 0 Å². The van der Waals surface area contributed by atoms with Crippen LogP contribution >= 0.6 is 34.4 Å². The quantitative estimate of drug-likeness (QED) is 0.548. The number of benzene rings is 2. The molecule has 0 aliphatic carbocycles. The number of methoxy groups -OCH3 is 1. The van der Waals surface area contributed by atoms with Crippen molar-refractivity contribution in [3.05, 3.63) is 46.0 Å². The minimum Gasteiger partial charge on any atom is -0.496 e. The van der Waals surface area contributed by atoms with E-state index < -0.39 is 0 Å². The molecule has 0 fully saturated rings. The zero-order valence-electron chi connectivity index (χ0n) is 13.8. The van der Waals surface area contributed by atoms with Crippen molar-refractivity contribution in [1.82, 2.24) is 0 Å². The predicted molar refractivity (Wildman–Crippen MR) is 108 cm³/mol. The van der Waals surface area contributed by atoms with Crippen LogP contribution < -0.4 is 9.64 Å². The Balaban J connectivity index is 2.13. The molecule has 23 heavy (non-hydrogen) atoms. The van der Waals surface area contributed by atoms with E-state index in [9.17, 15) is 0 Å². The van der Waals surface area contributed by atoms with Crippen LogP contribution in [0.3, 0.4) is 0 Å². The van der Waals surface area contributed by atoms with E-state index >= 15 is 0 Å². The molecule has 0 N–H and O–H groups in total. The third-order valence-electron chi connectivity index (χ3n) is 4.56. The van der Waals surface area contributed by atoms with Crippen LogP contribution in [0.5, 0.6) is 5.75 Å². The highest BCUT2D eigenvalue weighted by Crippen LogP contribution is 2.46. The zero-order chi connectivity index (χ0) is 16.4. The molecule has 1 atom stereocenters. The average Bonchev–Trinajstić information content (AvgIpc) is 2.73. The number of thioether (sulfide) groups is 1. The van der Waals surface area contributed by atoms with Gasteiger partial charge in [-0.3, -0.25) is 0 Å². The molecule has 2 aromatic rings. The molecule has 0 saturated heterocycles. The summed E-state index contributed by atoms with van der Waals surface area (Å²) in [4.78, 5) is 3.78. The lowest BCUT2D eigenvalue weighted by Gasteiger charge is -2.33. The zero-order valence-corrected chi connectivity index (χ0v) is 16.8. The second-order valence-corrected chi connectivity index (χ2v) is 8.51. The highest BCUT2D eigenvalue weighted by atomic mass is 127. The van der Waals surface area contributed by atoms with Crippen molar-refractivity contribution in [3.63, 3.8) is 0 Å². The van der Waals surface area contributed by atoms with E-state index in [4.69, 9.17) is 4.74 Å². The summed E-state index contributed by atoms with van der Waals surface area (Å²) in [5.41, 5.74) is 2.85. The first-order valence-electron chi connectivity index (χ1n) is 7.89. The standard InChI is InChI=1S/C19H22INOS/c1-4-19(2)12-21(14-8-6-5-7-9-14)16-10-15(20)17(22-3)11-18(16)23-13-19/h5-11H,4,12-13H2,1-3H3. The number of ether oxygens (including phenoxy) is 1. The van der Waals surface area contributed by atoms with E-state index in [1.54, 1.807) is 7.11 Å². The van der Waals surface area contributed by atoms with Gasteiger partial charge in [-0.15, -0.1) is 11.8 Å². The van der Waals surface area contributed by atoms with Gasteiger partial charge in [0.2, 0.25) is 0 Å². The van der Waals surface area contributed by atoms with Gasteiger partial charge >= 0.3 is 0 Å². The maximum Gasteiger partial charge on any atom is 0.133 e. The van der Waals surface area contributed by atoms with Crippen LogP contribution in [-0.2, 0) is 0 Å². The predicted octanol–water partition coefficient (Wildman–Crippen LogP) is 5.96. The van der Waals surface area contributed by atoms with Crippen LogP contribution in [0, 0.1) is 8.99 Å². The lowest BCUT2D eigenvalue weighted by molar-refractivity contribution is 0.373. The second-order valence-electron chi connectivity index (χ2n) is 6.33. The van der Waals surface area contributed by atoms with Crippen LogP contribution in [0.4, 0.5) is 11.4 Å². The van der Waals surface area contributed by atoms with Gasteiger partial charge in [0.05, 0.1) is 16.4 Å². The van der Waals surface area contributed by atoms with Crippen molar-refractivity contribution < 1.29 is 4.74 Å². The molecule has 0 aromatic heterocycles. The normalized spacial score (nSPS) is 20.8. The largest absolute Gasteiger partial charge is 0.496 e. The third-order valence-corrected chi connectivity index (χ3v) is 6.88. The third kappa shape index (κ3) is 3.48. The minimum atomic E-state index is 0.290. The number of para-hydroxylation sites is 1. The maximum atomic E-state index is 5.53. The van der Waals surface area contributed by atoms with Crippen molar-refractivity contribution >= 4 is 45.7 Å². The molecule has 1 unspecified atom stereocenters. The van der Waals surface area contributed by atoms with Crippen molar-refractivity contribution in [3.8, 4) is 5.75 Å². The lowest BCUT2D eigenvalue weighted by atomic mass is 9.89. The number of anilines is 2. The Kier molecular flexibility index (Phi) is 5.11. The Bertz CT molecular complexity index is 691. The van der Waals surface area contributed by atoms with E-state index in [2.05, 4.69) is 83.8 Å². The van der Waals surface area contributed by atoms with Gasteiger partial charge in [0, 0.05) is 22.9 Å². The van der Waals surface area contributed by atoms with Gasteiger partial charge in [-0.1, -0.05) is 32.0 Å². The monoisotopic (exact) mass is 439 g/mol. The molecule has 3 rings (SSSR count). The second kappa shape index (κ2) is 6.93. The molecule has 0 spiro atoms. The molecular formula is C19H22INOS. The summed E-state index contributed by atoms with van der Waals surface area (Å²) in [5.74, 6) is 2.09.